The van der Waals surface area contributed by atoms with Gasteiger partial charge in [0.2, 0.25) is 0 Å². The lowest BCUT2D eigenvalue weighted by atomic mass is 10.1. The molecule has 0 bridgehead atoms. The molecule has 1 aromatic heterocycles. The van der Waals surface area contributed by atoms with E-state index in [4.69, 9.17) is 16.3 Å². The van der Waals surface area contributed by atoms with Crippen molar-refractivity contribution in [1.29, 1.82) is 0 Å². The highest BCUT2D eigenvalue weighted by Crippen LogP contribution is 2.11. The van der Waals surface area contributed by atoms with Crippen LogP contribution >= 0.6 is 11.6 Å². The molecule has 3 aromatic rings. The number of rotatable bonds is 7. The molecule has 0 unspecified atom stereocenters. The van der Waals surface area contributed by atoms with Crippen LogP contribution in [0.4, 0.5) is 0 Å². The van der Waals surface area contributed by atoms with Crippen molar-refractivity contribution < 1.29 is 14.3 Å². The predicted octanol–water partition coefficient (Wildman–Crippen LogP) is 2.26. The van der Waals surface area contributed by atoms with Crippen molar-refractivity contribution in [2.75, 3.05) is 13.2 Å². The monoisotopic (exact) mass is 413 g/mol. The molecule has 29 heavy (non-hydrogen) atoms. The molecule has 0 aliphatic carbocycles. The summed E-state index contributed by atoms with van der Waals surface area (Å²) in [6.07, 6.45) is 1.94. The second-order valence-electron chi connectivity index (χ2n) is 6.54. The van der Waals surface area contributed by atoms with E-state index in [0.717, 1.165) is 11.1 Å². The third kappa shape index (κ3) is 5.42. The maximum absolute atomic E-state index is 12.5. The highest BCUT2D eigenvalue weighted by Gasteiger charge is 2.12. The first kappa shape index (κ1) is 20.5. The van der Waals surface area contributed by atoms with Crippen LogP contribution < -0.4 is 10.9 Å². The van der Waals surface area contributed by atoms with Crippen LogP contribution in [0.15, 0.2) is 53.6 Å². The van der Waals surface area contributed by atoms with Gasteiger partial charge in [0, 0.05) is 11.6 Å². The Hall–Kier alpha value is -3.19. The summed E-state index contributed by atoms with van der Waals surface area (Å²) in [5, 5.41) is 3.76. The summed E-state index contributed by atoms with van der Waals surface area (Å²) in [7, 11) is 0. The van der Waals surface area contributed by atoms with Crippen molar-refractivity contribution >= 4 is 34.4 Å². The number of esters is 1. The first-order valence-corrected chi connectivity index (χ1v) is 9.43. The molecule has 7 nitrogen and oxygen atoms in total. The highest BCUT2D eigenvalue weighted by atomic mass is 35.5. The maximum atomic E-state index is 12.5. The van der Waals surface area contributed by atoms with Gasteiger partial charge in [0.1, 0.15) is 6.54 Å². The van der Waals surface area contributed by atoms with Gasteiger partial charge in [-0.3, -0.25) is 19.0 Å². The van der Waals surface area contributed by atoms with E-state index in [1.165, 1.54) is 10.9 Å². The predicted molar refractivity (Wildman–Crippen MR) is 110 cm³/mol. The number of aryl methyl sites for hydroxylation is 1. The normalized spacial score (nSPS) is 10.7. The Morgan fingerprint density at radius 3 is 2.69 bits per heavy atom. The quantitative estimate of drug-likeness (QED) is 0.600. The summed E-state index contributed by atoms with van der Waals surface area (Å²) in [6.45, 7) is 1.55. The second kappa shape index (κ2) is 9.34. The topological polar surface area (TPSA) is 90.3 Å². The Labute approximate surface area is 172 Å². The van der Waals surface area contributed by atoms with E-state index >= 15 is 0 Å². The minimum Gasteiger partial charge on any atom is -0.454 e. The van der Waals surface area contributed by atoms with Gasteiger partial charge in [0.25, 0.3) is 11.5 Å². The van der Waals surface area contributed by atoms with E-state index in [0.29, 0.717) is 28.9 Å². The van der Waals surface area contributed by atoms with Crippen molar-refractivity contribution in [2.45, 2.75) is 19.9 Å². The maximum Gasteiger partial charge on any atom is 0.326 e. The number of hydrogen-bond acceptors (Lipinski definition) is 5. The second-order valence-corrected chi connectivity index (χ2v) is 6.97. The molecule has 0 atom stereocenters. The van der Waals surface area contributed by atoms with Crippen molar-refractivity contribution in [1.82, 2.24) is 14.9 Å². The van der Waals surface area contributed by atoms with Gasteiger partial charge in [-0.15, -0.1) is 0 Å². The molecule has 1 heterocycles. The fourth-order valence-corrected chi connectivity index (χ4v) is 2.96. The lowest BCUT2D eigenvalue weighted by Crippen LogP contribution is -2.32. The molecule has 2 aromatic carbocycles. The molecule has 0 aliphatic heterocycles. The number of fused-ring (bicyclic) bond motifs is 1. The van der Waals surface area contributed by atoms with E-state index in [1.54, 1.807) is 24.3 Å². The summed E-state index contributed by atoms with van der Waals surface area (Å²) < 4.78 is 6.13. The van der Waals surface area contributed by atoms with Gasteiger partial charge in [-0.1, -0.05) is 35.9 Å². The number of nitrogens with zero attached hydrogens (tertiary/aromatic N) is 2. The Morgan fingerprint density at radius 2 is 1.93 bits per heavy atom. The Balaban J connectivity index is 1.47. The van der Waals surface area contributed by atoms with Crippen LogP contribution in [0, 0.1) is 6.92 Å². The van der Waals surface area contributed by atoms with Gasteiger partial charge in [-0.05, 0) is 42.7 Å². The van der Waals surface area contributed by atoms with Crippen LogP contribution in [0.2, 0.25) is 5.02 Å². The van der Waals surface area contributed by atoms with E-state index in [-0.39, 0.29) is 12.1 Å². The smallest absolute Gasteiger partial charge is 0.326 e. The fraction of sp³-hybridized carbons (Fsp3) is 0.238. The molecule has 1 N–H and O–H groups in total. The van der Waals surface area contributed by atoms with Gasteiger partial charge in [-0.2, -0.15) is 0 Å². The van der Waals surface area contributed by atoms with Crippen LogP contribution in [0.1, 0.15) is 11.1 Å². The SMILES string of the molecule is Cc1cccc2c(=O)n(CC(=O)OCC(=O)NCCc3ccc(Cl)cc3)cnc12. The number of carbonyl (C=O) groups excluding carboxylic acids is 2. The minimum atomic E-state index is -0.686. The molecule has 3 rings (SSSR count). The number of ether oxygens (including phenoxy) is 1. The highest BCUT2D eigenvalue weighted by molar-refractivity contribution is 6.30. The fourth-order valence-electron chi connectivity index (χ4n) is 2.83. The zero-order valence-corrected chi connectivity index (χ0v) is 16.6. The average molecular weight is 414 g/mol. The number of para-hydroxylation sites is 1. The van der Waals surface area contributed by atoms with Crippen molar-refractivity contribution in [3.05, 3.63) is 75.3 Å². The molecule has 0 saturated carbocycles. The van der Waals surface area contributed by atoms with Crippen LogP contribution in [0.3, 0.4) is 0 Å². The summed E-state index contributed by atoms with van der Waals surface area (Å²) in [5.74, 6) is -1.10. The standard InChI is InChI=1S/C21H20ClN3O4/c1-14-3-2-4-17-20(14)24-13-25(21(17)28)11-19(27)29-12-18(26)23-10-9-15-5-7-16(22)8-6-15/h2-8,13H,9-12H2,1H3,(H,23,26). The van der Waals surface area contributed by atoms with E-state index in [9.17, 15) is 14.4 Å². The van der Waals surface area contributed by atoms with Gasteiger partial charge >= 0.3 is 5.97 Å². The molecule has 8 heteroatoms. The number of aromatic nitrogens is 2. The minimum absolute atomic E-state index is 0.312. The number of amides is 1. The Bertz CT molecular complexity index is 1090. The summed E-state index contributed by atoms with van der Waals surface area (Å²) in [6, 6.07) is 12.6. The number of hydrogen-bond donors (Lipinski definition) is 1. The summed E-state index contributed by atoms with van der Waals surface area (Å²) >= 11 is 5.83. The van der Waals surface area contributed by atoms with E-state index in [1.807, 2.05) is 25.1 Å². The van der Waals surface area contributed by atoms with E-state index < -0.39 is 18.5 Å². The van der Waals surface area contributed by atoms with Crippen LogP contribution in [-0.4, -0.2) is 34.6 Å². The lowest BCUT2D eigenvalue weighted by molar-refractivity contribution is -0.149. The van der Waals surface area contributed by atoms with Gasteiger partial charge < -0.3 is 10.1 Å². The lowest BCUT2D eigenvalue weighted by Gasteiger charge is -2.09. The van der Waals surface area contributed by atoms with Gasteiger partial charge in [-0.25, -0.2) is 4.98 Å². The number of nitrogens with one attached hydrogen (secondary N) is 1. The largest absolute Gasteiger partial charge is 0.454 e. The molecular formula is C21H20ClN3O4. The van der Waals surface area contributed by atoms with Gasteiger partial charge in [0.05, 0.1) is 17.2 Å². The van der Waals surface area contributed by atoms with Gasteiger partial charge in [0.15, 0.2) is 6.61 Å². The molecule has 0 aliphatic rings. The van der Waals surface area contributed by atoms with Crippen LogP contribution in [-0.2, 0) is 27.3 Å². The van der Waals surface area contributed by atoms with Crippen LogP contribution in [0.5, 0.6) is 0 Å². The first-order chi connectivity index (χ1) is 13.9. The molecule has 0 spiro atoms. The van der Waals surface area contributed by atoms with E-state index in [2.05, 4.69) is 10.3 Å². The summed E-state index contributed by atoms with van der Waals surface area (Å²) in [4.78, 5) is 40.5. The Kier molecular flexibility index (Phi) is 6.61. The molecule has 1 amide bonds. The average Bonchev–Trinajstić information content (AvgIpc) is 2.70. The number of halogens is 1. The number of carbonyl (C=O) groups is 2. The van der Waals surface area contributed by atoms with Crippen molar-refractivity contribution in [3.63, 3.8) is 0 Å². The Morgan fingerprint density at radius 1 is 1.17 bits per heavy atom. The van der Waals surface area contributed by atoms with Crippen LogP contribution in [0.25, 0.3) is 10.9 Å². The summed E-state index contributed by atoms with van der Waals surface area (Å²) in [5.41, 5.74) is 2.18. The molecule has 150 valence electrons. The molecule has 0 saturated heterocycles. The van der Waals surface area contributed by atoms with Crippen molar-refractivity contribution in [3.8, 4) is 0 Å². The molecule has 0 fully saturated rings. The molecule has 0 radical (unpaired) electrons. The molecular weight excluding hydrogens is 394 g/mol. The third-order valence-electron chi connectivity index (χ3n) is 4.37. The zero-order valence-electron chi connectivity index (χ0n) is 15.9. The number of benzene rings is 2. The first-order valence-electron chi connectivity index (χ1n) is 9.05. The third-order valence-corrected chi connectivity index (χ3v) is 4.62. The zero-order chi connectivity index (χ0) is 20.8. The van der Waals surface area contributed by atoms with Crippen molar-refractivity contribution in [2.24, 2.45) is 0 Å².